The lowest BCUT2D eigenvalue weighted by molar-refractivity contribution is -0.00316. The van der Waals surface area contributed by atoms with Crippen molar-refractivity contribution in [3.05, 3.63) is 34.9 Å². The molecular formula is C24H38ClN3O. The Labute approximate surface area is 182 Å². The Balaban J connectivity index is 1.11. The molecular weight excluding hydrogens is 382 g/mol. The van der Waals surface area contributed by atoms with Crippen LogP contribution in [-0.2, 0) is 11.3 Å². The van der Waals surface area contributed by atoms with E-state index in [-0.39, 0.29) is 0 Å². The van der Waals surface area contributed by atoms with Gasteiger partial charge in [0.25, 0.3) is 0 Å². The monoisotopic (exact) mass is 419 g/mol. The van der Waals surface area contributed by atoms with E-state index in [1.807, 2.05) is 6.07 Å². The lowest BCUT2D eigenvalue weighted by atomic mass is 9.91. The summed E-state index contributed by atoms with van der Waals surface area (Å²) in [6.45, 7) is 11.5. The maximum absolute atomic E-state index is 6.15. The number of likely N-dealkylation sites (tertiary alicyclic amines) is 1. The molecule has 3 heterocycles. The van der Waals surface area contributed by atoms with Gasteiger partial charge in [0, 0.05) is 56.9 Å². The highest BCUT2D eigenvalue weighted by atomic mass is 35.5. The second kappa shape index (κ2) is 11.1. The third-order valence-electron chi connectivity index (χ3n) is 6.95. The van der Waals surface area contributed by atoms with Gasteiger partial charge in [-0.05, 0) is 68.8 Å². The number of hydrogen-bond donors (Lipinski definition) is 0. The molecule has 0 N–H and O–H groups in total. The van der Waals surface area contributed by atoms with E-state index in [0.29, 0.717) is 0 Å². The summed E-state index contributed by atoms with van der Waals surface area (Å²) in [6, 6.07) is 9.04. The smallest absolute Gasteiger partial charge is 0.0506 e. The Hall–Kier alpha value is -0.650. The van der Waals surface area contributed by atoms with E-state index in [0.717, 1.165) is 43.3 Å². The maximum atomic E-state index is 6.15. The number of piperidine rings is 2. The minimum absolute atomic E-state index is 0.721. The first-order chi connectivity index (χ1) is 14.3. The van der Waals surface area contributed by atoms with E-state index in [9.17, 15) is 0 Å². The zero-order valence-electron chi connectivity index (χ0n) is 17.9. The molecule has 0 spiro atoms. The van der Waals surface area contributed by atoms with Crippen LogP contribution >= 0.6 is 11.6 Å². The van der Waals surface area contributed by atoms with E-state index < -0.39 is 0 Å². The molecule has 0 saturated carbocycles. The average Bonchev–Trinajstić information content (AvgIpc) is 2.74. The number of hydrogen-bond acceptors (Lipinski definition) is 4. The van der Waals surface area contributed by atoms with Crippen molar-refractivity contribution in [2.24, 2.45) is 5.92 Å². The van der Waals surface area contributed by atoms with Crippen LogP contribution in [0.5, 0.6) is 0 Å². The molecule has 5 heteroatoms. The molecule has 3 aliphatic heterocycles. The van der Waals surface area contributed by atoms with E-state index in [1.165, 1.54) is 83.4 Å². The third-order valence-corrected chi connectivity index (χ3v) is 7.19. The lowest BCUT2D eigenvalue weighted by Crippen LogP contribution is -2.56. The summed E-state index contributed by atoms with van der Waals surface area (Å²) in [5.41, 5.74) is 1.33. The Kier molecular flexibility index (Phi) is 8.26. The van der Waals surface area contributed by atoms with Crippen LogP contribution in [0, 0.1) is 5.92 Å². The molecule has 0 amide bonds. The van der Waals surface area contributed by atoms with E-state index in [4.69, 9.17) is 16.3 Å². The molecule has 3 saturated heterocycles. The summed E-state index contributed by atoms with van der Waals surface area (Å²) in [7, 11) is 0. The summed E-state index contributed by atoms with van der Waals surface area (Å²) < 4.78 is 6.08. The molecule has 4 nitrogen and oxygen atoms in total. The second-order valence-corrected chi connectivity index (χ2v) is 9.72. The highest BCUT2D eigenvalue weighted by Gasteiger charge is 2.32. The molecule has 0 radical (unpaired) electrons. The number of nitrogens with zero attached hydrogens (tertiary/aromatic N) is 3. The molecule has 0 aliphatic carbocycles. The van der Waals surface area contributed by atoms with Crippen LogP contribution in [-0.4, -0.2) is 79.8 Å². The first-order valence-corrected chi connectivity index (χ1v) is 12.1. The fourth-order valence-corrected chi connectivity index (χ4v) is 5.53. The number of fused-ring (bicyclic) bond motifs is 1. The standard InChI is InChI=1S/C24H38ClN3O/c25-23-7-4-6-21(16-23)17-27-13-14-28-18-22(8-9-24(28)19-27)20-29-15-5-12-26-10-2-1-3-11-26/h4,6-7,16,22,24H,1-3,5,8-15,17-20H2/t22-,24-/m1/s1. The molecule has 3 fully saturated rings. The summed E-state index contributed by atoms with van der Waals surface area (Å²) >= 11 is 6.15. The predicted molar refractivity (Wildman–Crippen MR) is 121 cm³/mol. The summed E-state index contributed by atoms with van der Waals surface area (Å²) in [5.74, 6) is 0.723. The Morgan fingerprint density at radius 2 is 1.86 bits per heavy atom. The SMILES string of the molecule is Clc1cccc(CN2CCN3C[C@H](COCCCN4CCCCC4)CC[C@@H]3C2)c1. The molecule has 29 heavy (non-hydrogen) atoms. The van der Waals surface area contributed by atoms with Crippen molar-refractivity contribution in [3.8, 4) is 0 Å². The summed E-state index contributed by atoms with van der Waals surface area (Å²) in [4.78, 5) is 7.94. The van der Waals surface area contributed by atoms with Crippen molar-refractivity contribution < 1.29 is 4.74 Å². The fraction of sp³-hybridized carbons (Fsp3) is 0.750. The van der Waals surface area contributed by atoms with Gasteiger partial charge in [0.15, 0.2) is 0 Å². The fourth-order valence-electron chi connectivity index (χ4n) is 5.32. The number of halogens is 1. The van der Waals surface area contributed by atoms with Gasteiger partial charge in [0.1, 0.15) is 0 Å². The summed E-state index contributed by atoms with van der Waals surface area (Å²) in [6.07, 6.45) is 8.02. The number of ether oxygens (including phenoxy) is 1. The Morgan fingerprint density at radius 1 is 0.966 bits per heavy atom. The first-order valence-electron chi connectivity index (χ1n) is 11.8. The van der Waals surface area contributed by atoms with Gasteiger partial charge in [-0.15, -0.1) is 0 Å². The minimum Gasteiger partial charge on any atom is -0.381 e. The van der Waals surface area contributed by atoms with Crippen LogP contribution < -0.4 is 0 Å². The van der Waals surface area contributed by atoms with Gasteiger partial charge >= 0.3 is 0 Å². The molecule has 0 unspecified atom stereocenters. The van der Waals surface area contributed by atoms with E-state index in [2.05, 4.69) is 32.9 Å². The number of rotatable bonds is 8. The lowest BCUT2D eigenvalue weighted by Gasteiger charge is -2.46. The van der Waals surface area contributed by atoms with Gasteiger partial charge in [-0.3, -0.25) is 9.80 Å². The van der Waals surface area contributed by atoms with Crippen molar-refractivity contribution in [2.45, 2.75) is 51.1 Å². The van der Waals surface area contributed by atoms with Crippen molar-refractivity contribution in [1.29, 1.82) is 0 Å². The van der Waals surface area contributed by atoms with Crippen molar-refractivity contribution in [2.75, 3.05) is 59.0 Å². The zero-order chi connectivity index (χ0) is 19.9. The number of piperazine rings is 1. The maximum Gasteiger partial charge on any atom is 0.0506 e. The van der Waals surface area contributed by atoms with Crippen molar-refractivity contribution >= 4 is 11.6 Å². The molecule has 0 bridgehead atoms. The molecule has 0 aromatic heterocycles. The zero-order valence-corrected chi connectivity index (χ0v) is 18.7. The molecule has 4 rings (SSSR count). The topological polar surface area (TPSA) is 19.0 Å². The quantitative estimate of drug-likeness (QED) is 0.589. The van der Waals surface area contributed by atoms with Crippen LogP contribution in [0.25, 0.3) is 0 Å². The van der Waals surface area contributed by atoms with Crippen LogP contribution in [0.1, 0.15) is 44.1 Å². The van der Waals surface area contributed by atoms with E-state index >= 15 is 0 Å². The predicted octanol–water partition coefficient (Wildman–Crippen LogP) is 4.13. The van der Waals surface area contributed by atoms with Crippen LogP contribution in [0.4, 0.5) is 0 Å². The van der Waals surface area contributed by atoms with Gasteiger partial charge in [0.2, 0.25) is 0 Å². The molecule has 2 atom stereocenters. The minimum atomic E-state index is 0.721. The van der Waals surface area contributed by atoms with Crippen LogP contribution in [0.2, 0.25) is 5.02 Å². The van der Waals surface area contributed by atoms with Crippen LogP contribution in [0.15, 0.2) is 24.3 Å². The normalized spacial score (nSPS) is 27.1. The molecule has 3 aliphatic rings. The molecule has 1 aromatic carbocycles. The highest BCUT2D eigenvalue weighted by molar-refractivity contribution is 6.30. The van der Waals surface area contributed by atoms with E-state index in [1.54, 1.807) is 0 Å². The molecule has 1 aromatic rings. The van der Waals surface area contributed by atoms with Gasteiger partial charge in [-0.1, -0.05) is 30.2 Å². The molecule has 162 valence electrons. The summed E-state index contributed by atoms with van der Waals surface area (Å²) in [5, 5.41) is 0.845. The van der Waals surface area contributed by atoms with Crippen LogP contribution in [0.3, 0.4) is 0 Å². The van der Waals surface area contributed by atoms with Gasteiger partial charge < -0.3 is 9.64 Å². The Bertz CT molecular complexity index is 622. The van der Waals surface area contributed by atoms with Crippen molar-refractivity contribution in [1.82, 2.24) is 14.7 Å². The van der Waals surface area contributed by atoms with Crippen molar-refractivity contribution in [3.63, 3.8) is 0 Å². The van der Waals surface area contributed by atoms with Gasteiger partial charge in [-0.25, -0.2) is 0 Å². The second-order valence-electron chi connectivity index (χ2n) is 9.29. The largest absolute Gasteiger partial charge is 0.381 e. The third kappa shape index (κ3) is 6.67. The van der Waals surface area contributed by atoms with Gasteiger partial charge in [-0.2, -0.15) is 0 Å². The average molecular weight is 420 g/mol. The first kappa shape index (κ1) is 21.6. The highest BCUT2D eigenvalue weighted by Crippen LogP contribution is 2.26. The van der Waals surface area contributed by atoms with Gasteiger partial charge in [0.05, 0.1) is 6.61 Å². The number of benzene rings is 1. The Morgan fingerprint density at radius 3 is 2.72 bits per heavy atom.